The van der Waals surface area contributed by atoms with Gasteiger partial charge < -0.3 is 0 Å². The second-order valence-corrected chi connectivity index (χ2v) is 5.05. The minimum absolute atomic E-state index is 0.275. The molecule has 0 heterocycles. The SMILES string of the molecule is C=C=C(CCCCC)C(=O)CCCCCCCC. The van der Waals surface area contributed by atoms with E-state index in [0.717, 1.165) is 24.8 Å². The van der Waals surface area contributed by atoms with Gasteiger partial charge in [-0.1, -0.05) is 65.4 Å². The molecule has 18 heavy (non-hydrogen) atoms. The molecule has 0 unspecified atom stereocenters. The molecule has 0 spiro atoms. The highest BCUT2D eigenvalue weighted by Crippen LogP contribution is 2.13. The number of hydrogen-bond donors (Lipinski definition) is 0. The molecule has 104 valence electrons. The average Bonchev–Trinajstić information content (AvgIpc) is 2.38. The summed E-state index contributed by atoms with van der Waals surface area (Å²) in [6, 6.07) is 0. The van der Waals surface area contributed by atoms with E-state index in [2.05, 4.69) is 26.2 Å². The van der Waals surface area contributed by atoms with E-state index in [-0.39, 0.29) is 5.78 Å². The monoisotopic (exact) mass is 250 g/mol. The maximum atomic E-state index is 11.9. The number of ketones is 1. The Bertz CT molecular complexity index is 259. The molecule has 0 aliphatic carbocycles. The van der Waals surface area contributed by atoms with Crippen LogP contribution in [0.3, 0.4) is 0 Å². The lowest BCUT2D eigenvalue weighted by atomic mass is 10.00. The number of Topliss-reactive ketones (excluding diaryl/α,β-unsaturated/α-hetero) is 1. The summed E-state index contributed by atoms with van der Waals surface area (Å²) < 4.78 is 0. The molecule has 0 atom stereocenters. The standard InChI is InChI=1S/C17H30O/c1-4-7-9-10-11-13-15-17(18)16(6-3)14-12-8-5-2/h3-5,7-15H2,1-2H3. The van der Waals surface area contributed by atoms with Crippen molar-refractivity contribution < 1.29 is 4.79 Å². The molecule has 0 radical (unpaired) electrons. The van der Waals surface area contributed by atoms with Crippen molar-refractivity contribution in [2.45, 2.75) is 84.5 Å². The number of rotatable bonds is 12. The maximum absolute atomic E-state index is 11.9. The van der Waals surface area contributed by atoms with Crippen LogP contribution in [0.2, 0.25) is 0 Å². The molecule has 0 fully saturated rings. The summed E-state index contributed by atoms with van der Waals surface area (Å²) in [5.74, 6) is 0.275. The third kappa shape index (κ3) is 9.24. The van der Waals surface area contributed by atoms with Crippen LogP contribution in [0, 0.1) is 0 Å². The van der Waals surface area contributed by atoms with Crippen molar-refractivity contribution in [3.63, 3.8) is 0 Å². The van der Waals surface area contributed by atoms with Crippen LogP contribution in [0.25, 0.3) is 0 Å². The Morgan fingerprint density at radius 3 is 1.94 bits per heavy atom. The lowest BCUT2D eigenvalue weighted by molar-refractivity contribution is -0.115. The summed E-state index contributed by atoms with van der Waals surface area (Å²) in [6.45, 7) is 8.05. The number of unbranched alkanes of at least 4 members (excludes halogenated alkanes) is 7. The lowest BCUT2D eigenvalue weighted by Crippen LogP contribution is -2.02. The van der Waals surface area contributed by atoms with Crippen LogP contribution < -0.4 is 0 Å². The van der Waals surface area contributed by atoms with Gasteiger partial charge in [0.2, 0.25) is 0 Å². The van der Waals surface area contributed by atoms with E-state index >= 15 is 0 Å². The van der Waals surface area contributed by atoms with Gasteiger partial charge in [0.25, 0.3) is 0 Å². The highest BCUT2D eigenvalue weighted by molar-refractivity contribution is 5.94. The van der Waals surface area contributed by atoms with Crippen molar-refractivity contribution in [3.05, 3.63) is 17.9 Å². The molecule has 1 heteroatoms. The zero-order valence-corrected chi connectivity index (χ0v) is 12.4. The van der Waals surface area contributed by atoms with Crippen LogP contribution in [0.1, 0.15) is 84.5 Å². The van der Waals surface area contributed by atoms with Gasteiger partial charge in [-0.05, 0) is 19.3 Å². The Hall–Kier alpha value is -0.810. The number of carbonyl (C=O) groups excluding carboxylic acids is 1. The van der Waals surface area contributed by atoms with Gasteiger partial charge in [-0.3, -0.25) is 4.79 Å². The Kier molecular flexibility index (Phi) is 12.1. The molecule has 0 bridgehead atoms. The molecule has 0 saturated carbocycles. The predicted molar refractivity (Wildman–Crippen MR) is 79.8 cm³/mol. The van der Waals surface area contributed by atoms with Crippen LogP contribution in [0.15, 0.2) is 17.9 Å². The highest BCUT2D eigenvalue weighted by atomic mass is 16.1. The minimum atomic E-state index is 0.275. The molecule has 0 aliphatic rings. The summed E-state index contributed by atoms with van der Waals surface area (Å²) in [4.78, 5) is 11.9. The smallest absolute Gasteiger partial charge is 0.166 e. The van der Waals surface area contributed by atoms with Crippen molar-refractivity contribution in [1.29, 1.82) is 0 Å². The van der Waals surface area contributed by atoms with Crippen molar-refractivity contribution in [3.8, 4) is 0 Å². The van der Waals surface area contributed by atoms with Crippen LogP contribution in [-0.2, 0) is 4.79 Å². The first-order valence-corrected chi connectivity index (χ1v) is 7.68. The normalized spacial score (nSPS) is 10.1. The summed E-state index contributed by atoms with van der Waals surface area (Å²) in [5.41, 5.74) is 3.67. The van der Waals surface area contributed by atoms with E-state index in [1.807, 2.05) is 0 Å². The second kappa shape index (κ2) is 12.6. The van der Waals surface area contributed by atoms with Gasteiger partial charge in [0, 0.05) is 12.0 Å². The maximum Gasteiger partial charge on any atom is 0.166 e. The van der Waals surface area contributed by atoms with E-state index in [4.69, 9.17) is 0 Å². The lowest BCUT2D eigenvalue weighted by Gasteiger charge is -2.04. The molecular weight excluding hydrogens is 220 g/mol. The largest absolute Gasteiger partial charge is 0.294 e. The Morgan fingerprint density at radius 2 is 1.33 bits per heavy atom. The van der Waals surface area contributed by atoms with E-state index < -0.39 is 0 Å². The zero-order chi connectivity index (χ0) is 13.6. The fourth-order valence-corrected chi connectivity index (χ4v) is 2.09. The van der Waals surface area contributed by atoms with Gasteiger partial charge in [-0.25, -0.2) is 0 Å². The fraction of sp³-hybridized carbons (Fsp3) is 0.765. The Morgan fingerprint density at radius 1 is 0.833 bits per heavy atom. The highest BCUT2D eigenvalue weighted by Gasteiger charge is 2.07. The predicted octanol–water partition coefficient (Wildman–Crippen LogP) is 5.60. The van der Waals surface area contributed by atoms with Crippen LogP contribution >= 0.6 is 0 Å². The van der Waals surface area contributed by atoms with E-state index in [9.17, 15) is 4.79 Å². The third-order valence-corrected chi connectivity index (χ3v) is 3.34. The number of hydrogen-bond acceptors (Lipinski definition) is 1. The third-order valence-electron chi connectivity index (χ3n) is 3.34. The minimum Gasteiger partial charge on any atom is -0.294 e. The summed E-state index contributed by atoms with van der Waals surface area (Å²) in [5, 5.41) is 0. The van der Waals surface area contributed by atoms with Gasteiger partial charge in [0.1, 0.15) is 0 Å². The Balaban J connectivity index is 3.68. The van der Waals surface area contributed by atoms with E-state index in [1.165, 1.54) is 44.9 Å². The number of allylic oxidation sites excluding steroid dienone is 1. The van der Waals surface area contributed by atoms with Crippen molar-refractivity contribution in [2.24, 2.45) is 0 Å². The first kappa shape index (κ1) is 17.2. The van der Waals surface area contributed by atoms with Gasteiger partial charge in [0.15, 0.2) is 5.78 Å². The zero-order valence-electron chi connectivity index (χ0n) is 12.4. The first-order chi connectivity index (χ1) is 8.76. The first-order valence-electron chi connectivity index (χ1n) is 7.68. The molecule has 0 aromatic carbocycles. The topological polar surface area (TPSA) is 17.1 Å². The molecule has 0 aromatic heterocycles. The quantitative estimate of drug-likeness (QED) is 0.250. The van der Waals surface area contributed by atoms with Crippen LogP contribution in [0.4, 0.5) is 0 Å². The van der Waals surface area contributed by atoms with Crippen molar-refractivity contribution >= 4 is 5.78 Å². The summed E-state index contributed by atoms with van der Waals surface area (Å²) in [7, 11) is 0. The average molecular weight is 250 g/mol. The second-order valence-electron chi connectivity index (χ2n) is 5.05. The van der Waals surface area contributed by atoms with Crippen molar-refractivity contribution in [1.82, 2.24) is 0 Å². The van der Waals surface area contributed by atoms with E-state index in [1.54, 1.807) is 0 Å². The molecule has 0 amide bonds. The van der Waals surface area contributed by atoms with Gasteiger partial charge >= 0.3 is 0 Å². The molecule has 1 nitrogen and oxygen atoms in total. The molecule has 0 aromatic rings. The van der Waals surface area contributed by atoms with Gasteiger partial charge in [0.05, 0.1) is 0 Å². The van der Waals surface area contributed by atoms with Crippen LogP contribution in [0.5, 0.6) is 0 Å². The van der Waals surface area contributed by atoms with E-state index in [0.29, 0.717) is 6.42 Å². The van der Waals surface area contributed by atoms with Crippen LogP contribution in [-0.4, -0.2) is 5.78 Å². The Labute approximate surface area is 113 Å². The van der Waals surface area contributed by atoms with Crippen molar-refractivity contribution in [2.75, 3.05) is 0 Å². The molecule has 0 rings (SSSR count). The molecule has 0 saturated heterocycles. The number of carbonyl (C=O) groups is 1. The van der Waals surface area contributed by atoms with Gasteiger partial charge in [-0.2, -0.15) is 0 Å². The van der Waals surface area contributed by atoms with Gasteiger partial charge in [-0.15, -0.1) is 5.73 Å². The fourth-order valence-electron chi connectivity index (χ4n) is 2.09. The molecule has 0 aliphatic heterocycles. The summed E-state index contributed by atoms with van der Waals surface area (Å²) >= 11 is 0. The molecule has 0 N–H and O–H groups in total. The summed E-state index contributed by atoms with van der Waals surface area (Å²) in [6.07, 6.45) is 12.4. The molecular formula is C17H30O.